The molecule has 3 heteroatoms. The van der Waals surface area contributed by atoms with Gasteiger partial charge in [0.1, 0.15) is 6.61 Å². The molecule has 0 N–H and O–H groups in total. The highest BCUT2D eigenvalue weighted by atomic mass is 16.7. The maximum atomic E-state index is 10.5. The van der Waals surface area contributed by atoms with Gasteiger partial charge in [-0.1, -0.05) is 37.3 Å². The van der Waals surface area contributed by atoms with Gasteiger partial charge in [0.25, 0.3) is 0 Å². The van der Waals surface area contributed by atoms with Crippen LogP contribution in [0.3, 0.4) is 0 Å². The van der Waals surface area contributed by atoms with E-state index in [1.54, 1.807) is 0 Å². The van der Waals surface area contributed by atoms with E-state index in [0.29, 0.717) is 26.0 Å². The summed E-state index contributed by atoms with van der Waals surface area (Å²) in [7, 11) is 0. The Kier molecular flexibility index (Phi) is 4.72. The summed E-state index contributed by atoms with van der Waals surface area (Å²) < 4.78 is 0. The van der Waals surface area contributed by atoms with Crippen LogP contribution in [-0.2, 0) is 16.2 Å². The maximum absolute atomic E-state index is 10.5. The predicted octanol–water partition coefficient (Wildman–Crippen LogP) is 1.80. The normalized spacial score (nSPS) is 9.79. The standard InChI is InChI=1S/C11H14NO2/c1-2-8-12(10-13)14-9-11-6-4-3-5-7-11/h3-7,10H,1-2,8-9H2. The van der Waals surface area contributed by atoms with Crippen LogP contribution in [0.5, 0.6) is 0 Å². The van der Waals surface area contributed by atoms with Crippen LogP contribution < -0.4 is 0 Å². The lowest BCUT2D eigenvalue weighted by Crippen LogP contribution is -2.22. The van der Waals surface area contributed by atoms with Gasteiger partial charge in [0.2, 0.25) is 6.41 Å². The lowest BCUT2D eigenvalue weighted by atomic mass is 10.2. The van der Waals surface area contributed by atoms with Gasteiger partial charge in [-0.15, -0.1) is 0 Å². The van der Waals surface area contributed by atoms with Crippen molar-refractivity contribution in [3.63, 3.8) is 0 Å². The average molecular weight is 192 g/mol. The molecule has 0 unspecified atom stereocenters. The second kappa shape index (κ2) is 6.16. The molecule has 0 saturated heterocycles. The van der Waals surface area contributed by atoms with Crippen molar-refractivity contribution in [1.29, 1.82) is 0 Å². The number of hydrogen-bond donors (Lipinski definition) is 0. The highest BCUT2D eigenvalue weighted by Gasteiger charge is 2.00. The highest BCUT2D eigenvalue weighted by molar-refractivity contribution is 5.44. The molecule has 0 heterocycles. The number of nitrogens with zero attached hydrogens (tertiary/aromatic N) is 1. The van der Waals surface area contributed by atoms with Crippen LogP contribution >= 0.6 is 0 Å². The van der Waals surface area contributed by atoms with Crippen LogP contribution in [0.4, 0.5) is 0 Å². The molecule has 0 aromatic heterocycles. The molecule has 0 spiro atoms. The fourth-order valence-corrected chi connectivity index (χ4v) is 1.04. The third-order valence-electron chi connectivity index (χ3n) is 1.74. The minimum absolute atomic E-state index is 0.416. The van der Waals surface area contributed by atoms with Crippen LogP contribution in [0.1, 0.15) is 12.0 Å². The van der Waals surface area contributed by atoms with Gasteiger partial charge in [-0.25, -0.2) is 5.06 Å². The summed E-state index contributed by atoms with van der Waals surface area (Å²) in [6.45, 7) is 4.59. The molecule has 0 aliphatic carbocycles. The smallest absolute Gasteiger partial charge is 0.233 e. The van der Waals surface area contributed by atoms with Gasteiger partial charge < -0.3 is 0 Å². The van der Waals surface area contributed by atoms with E-state index in [0.717, 1.165) is 5.56 Å². The molecular formula is C11H14NO2. The summed E-state index contributed by atoms with van der Waals surface area (Å²) >= 11 is 0. The zero-order valence-corrected chi connectivity index (χ0v) is 8.06. The molecule has 0 bridgehead atoms. The number of benzene rings is 1. The van der Waals surface area contributed by atoms with Crippen molar-refractivity contribution in [2.75, 3.05) is 6.54 Å². The highest BCUT2D eigenvalue weighted by Crippen LogP contribution is 2.02. The Balaban J connectivity index is 2.35. The average Bonchev–Trinajstić information content (AvgIpc) is 2.25. The second-order valence-corrected chi connectivity index (χ2v) is 2.86. The maximum Gasteiger partial charge on any atom is 0.233 e. The summed E-state index contributed by atoms with van der Waals surface area (Å²) in [5.74, 6) is 0. The van der Waals surface area contributed by atoms with Crippen molar-refractivity contribution in [3.05, 3.63) is 42.8 Å². The van der Waals surface area contributed by atoms with Crippen LogP contribution in [-0.4, -0.2) is 18.0 Å². The molecule has 0 aliphatic heterocycles. The van der Waals surface area contributed by atoms with Gasteiger partial charge in [0.05, 0.1) is 0 Å². The fraction of sp³-hybridized carbons (Fsp3) is 0.273. The molecule has 1 amide bonds. The van der Waals surface area contributed by atoms with Gasteiger partial charge >= 0.3 is 0 Å². The molecule has 1 radical (unpaired) electrons. The lowest BCUT2D eigenvalue weighted by molar-refractivity contribution is -0.176. The number of hydrogen-bond acceptors (Lipinski definition) is 2. The zero-order chi connectivity index (χ0) is 10.2. The zero-order valence-electron chi connectivity index (χ0n) is 8.06. The van der Waals surface area contributed by atoms with Crippen LogP contribution in [0, 0.1) is 6.92 Å². The van der Waals surface area contributed by atoms with Crippen LogP contribution in [0.25, 0.3) is 0 Å². The summed E-state index contributed by atoms with van der Waals surface area (Å²) in [5.41, 5.74) is 1.04. The number of carbonyl (C=O) groups is 1. The first kappa shape index (κ1) is 10.7. The number of hydroxylamine groups is 2. The summed E-state index contributed by atoms with van der Waals surface area (Å²) in [6, 6.07) is 9.72. The number of carbonyl (C=O) groups excluding carboxylic acids is 1. The molecule has 0 atom stereocenters. The molecule has 1 rings (SSSR count). The van der Waals surface area contributed by atoms with E-state index < -0.39 is 0 Å². The van der Waals surface area contributed by atoms with Gasteiger partial charge in [-0.05, 0) is 12.0 Å². The van der Waals surface area contributed by atoms with Gasteiger partial charge in [-0.2, -0.15) is 0 Å². The molecule has 14 heavy (non-hydrogen) atoms. The van der Waals surface area contributed by atoms with Crippen molar-refractivity contribution in [1.82, 2.24) is 5.06 Å². The first-order chi connectivity index (χ1) is 6.86. The molecule has 0 aliphatic rings. The SMILES string of the molecule is [CH2]CCN(C=O)OCc1ccccc1. The Morgan fingerprint density at radius 3 is 2.64 bits per heavy atom. The van der Waals surface area contributed by atoms with E-state index in [4.69, 9.17) is 4.84 Å². The number of rotatable bonds is 6. The van der Waals surface area contributed by atoms with Crippen molar-refractivity contribution in [2.45, 2.75) is 13.0 Å². The Labute approximate surface area is 84.2 Å². The largest absolute Gasteiger partial charge is 0.276 e. The number of amides is 1. The summed E-state index contributed by atoms with van der Waals surface area (Å²) in [6.07, 6.45) is 1.32. The van der Waals surface area contributed by atoms with E-state index >= 15 is 0 Å². The third-order valence-corrected chi connectivity index (χ3v) is 1.74. The minimum atomic E-state index is 0.416. The third kappa shape index (κ3) is 3.58. The first-order valence-electron chi connectivity index (χ1n) is 4.55. The molecule has 3 nitrogen and oxygen atoms in total. The predicted molar refractivity (Wildman–Crippen MR) is 54.0 cm³/mol. The van der Waals surface area contributed by atoms with Gasteiger partial charge in [0.15, 0.2) is 0 Å². The van der Waals surface area contributed by atoms with Crippen molar-refractivity contribution in [2.24, 2.45) is 0 Å². The summed E-state index contributed by atoms with van der Waals surface area (Å²) in [5, 5.41) is 1.26. The van der Waals surface area contributed by atoms with E-state index in [1.165, 1.54) is 5.06 Å². The topological polar surface area (TPSA) is 29.5 Å². The van der Waals surface area contributed by atoms with Crippen molar-refractivity contribution in [3.8, 4) is 0 Å². The fourth-order valence-electron chi connectivity index (χ4n) is 1.04. The minimum Gasteiger partial charge on any atom is -0.276 e. The Morgan fingerprint density at radius 2 is 2.07 bits per heavy atom. The molecule has 0 fully saturated rings. The molecular weight excluding hydrogens is 178 g/mol. The Hall–Kier alpha value is -1.35. The van der Waals surface area contributed by atoms with Gasteiger partial charge in [0, 0.05) is 6.54 Å². The Morgan fingerprint density at radius 1 is 1.36 bits per heavy atom. The summed E-state index contributed by atoms with van der Waals surface area (Å²) in [4.78, 5) is 15.7. The van der Waals surface area contributed by atoms with Crippen LogP contribution in [0.15, 0.2) is 30.3 Å². The van der Waals surface area contributed by atoms with Crippen LogP contribution in [0.2, 0.25) is 0 Å². The monoisotopic (exact) mass is 192 g/mol. The van der Waals surface area contributed by atoms with E-state index in [9.17, 15) is 4.79 Å². The van der Waals surface area contributed by atoms with E-state index in [2.05, 4.69) is 6.92 Å². The molecule has 1 aromatic rings. The van der Waals surface area contributed by atoms with Gasteiger partial charge in [-0.3, -0.25) is 9.63 Å². The van der Waals surface area contributed by atoms with Crippen molar-refractivity contribution >= 4 is 6.41 Å². The molecule has 75 valence electrons. The van der Waals surface area contributed by atoms with Crippen molar-refractivity contribution < 1.29 is 9.63 Å². The first-order valence-corrected chi connectivity index (χ1v) is 4.55. The quantitative estimate of drug-likeness (QED) is 0.508. The van der Waals surface area contributed by atoms with E-state index in [1.807, 2.05) is 30.3 Å². The molecule has 0 saturated carbocycles. The Bertz CT molecular complexity index is 261. The van der Waals surface area contributed by atoms with E-state index in [-0.39, 0.29) is 0 Å². The lowest BCUT2D eigenvalue weighted by Gasteiger charge is -2.15. The molecule has 1 aromatic carbocycles. The second-order valence-electron chi connectivity index (χ2n) is 2.86.